The number of carbonyl (C=O) groups is 2. The van der Waals surface area contributed by atoms with Gasteiger partial charge in [0.05, 0.1) is 17.8 Å². The van der Waals surface area contributed by atoms with E-state index in [4.69, 9.17) is 0 Å². The van der Waals surface area contributed by atoms with Crippen molar-refractivity contribution in [2.24, 2.45) is 0 Å². The minimum Gasteiger partial charge on any atom is -0.355 e. The lowest BCUT2D eigenvalue weighted by molar-refractivity contribution is -0.123. The van der Waals surface area contributed by atoms with Crippen LogP contribution in [0.3, 0.4) is 0 Å². The molecule has 1 fully saturated rings. The zero-order valence-corrected chi connectivity index (χ0v) is 12.7. The molecule has 23 heavy (non-hydrogen) atoms. The van der Waals surface area contributed by atoms with Crippen LogP contribution in [0, 0.1) is 5.82 Å². The van der Waals surface area contributed by atoms with Crippen LogP contribution in [0.25, 0.3) is 0 Å². The highest BCUT2D eigenvalue weighted by Crippen LogP contribution is 2.24. The lowest BCUT2D eigenvalue weighted by Gasteiger charge is -2.33. The summed E-state index contributed by atoms with van der Waals surface area (Å²) < 4.78 is 14.8. The molecular weight excluding hydrogens is 301 g/mol. The third-order valence-electron chi connectivity index (χ3n) is 3.98. The summed E-state index contributed by atoms with van der Waals surface area (Å²) in [5.41, 5.74) is 0.991. The number of halogens is 1. The summed E-state index contributed by atoms with van der Waals surface area (Å²) >= 11 is 0. The number of hydrogen-bond acceptors (Lipinski definition) is 3. The minimum absolute atomic E-state index is 0.0599. The van der Waals surface area contributed by atoms with Gasteiger partial charge in [0.25, 0.3) is 5.91 Å². The minimum atomic E-state index is -0.493. The molecule has 2 atom stereocenters. The maximum atomic E-state index is 13.0. The van der Waals surface area contributed by atoms with Crippen LogP contribution in [0.1, 0.15) is 42.0 Å². The number of aromatic nitrogens is 3. The Hall–Kier alpha value is -2.64. The van der Waals surface area contributed by atoms with E-state index < -0.39 is 11.7 Å². The van der Waals surface area contributed by atoms with Crippen molar-refractivity contribution in [3.05, 3.63) is 41.7 Å². The standard InChI is InChI=1S/C15H18FN5O2/c1-2-21-12(5-6-18-21)14-10(3-4-13(22)20-14)19-15(23)11-7-9(16)8-17-11/h5-8,10,14,17H,2-4H2,1H3,(H,19,23)(H,20,22). The number of nitrogens with one attached hydrogen (secondary N) is 3. The zero-order valence-electron chi connectivity index (χ0n) is 12.7. The summed E-state index contributed by atoms with van der Waals surface area (Å²) in [6.45, 7) is 2.62. The Kier molecular flexibility index (Phi) is 4.14. The average molecular weight is 319 g/mol. The lowest BCUT2D eigenvalue weighted by atomic mass is 9.95. The number of piperidine rings is 1. The Morgan fingerprint density at radius 3 is 3.09 bits per heavy atom. The molecule has 3 heterocycles. The molecule has 0 radical (unpaired) electrons. The molecule has 0 aromatic carbocycles. The van der Waals surface area contributed by atoms with Crippen LogP contribution in [0.5, 0.6) is 0 Å². The number of aryl methyl sites for hydroxylation is 1. The van der Waals surface area contributed by atoms with Gasteiger partial charge in [0, 0.05) is 31.4 Å². The fraction of sp³-hybridized carbons (Fsp3) is 0.400. The van der Waals surface area contributed by atoms with Gasteiger partial charge in [-0.15, -0.1) is 0 Å². The van der Waals surface area contributed by atoms with Crippen molar-refractivity contribution < 1.29 is 14.0 Å². The Bertz CT molecular complexity index is 723. The lowest BCUT2D eigenvalue weighted by Crippen LogP contribution is -2.50. The average Bonchev–Trinajstić information content (AvgIpc) is 3.17. The van der Waals surface area contributed by atoms with Crippen molar-refractivity contribution in [2.45, 2.75) is 38.4 Å². The summed E-state index contributed by atoms with van der Waals surface area (Å²) in [6, 6.07) is 2.32. The van der Waals surface area contributed by atoms with Crippen molar-refractivity contribution in [1.29, 1.82) is 0 Å². The molecule has 1 aliphatic rings. The van der Waals surface area contributed by atoms with E-state index in [1.807, 2.05) is 13.0 Å². The SMILES string of the molecule is CCn1nccc1C1NC(=O)CCC1NC(=O)c1cc(F)c[nH]1. The van der Waals surface area contributed by atoms with Crippen LogP contribution in [0.2, 0.25) is 0 Å². The van der Waals surface area contributed by atoms with Gasteiger partial charge in [-0.1, -0.05) is 0 Å². The van der Waals surface area contributed by atoms with E-state index in [0.29, 0.717) is 19.4 Å². The van der Waals surface area contributed by atoms with E-state index in [0.717, 1.165) is 18.0 Å². The largest absolute Gasteiger partial charge is 0.355 e. The first kappa shape index (κ1) is 15.3. The Morgan fingerprint density at radius 2 is 2.39 bits per heavy atom. The van der Waals surface area contributed by atoms with Crippen LogP contribution in [-0.4, -0.2) is 32.6 Å². The van der Waals surface area contributed by atoms with Crippen LogP contribution < -0.4 is 10.6 Å². The van der Waals surface area contributed by atoms with Crippen molar-refractivity contribution in [1.82, 2.24) is 25.4 Å². The van der Waals surface area contributed by atoms with Gasteiger partial charge in [0.15, 0.2) is 0 Å². The number of H-pyrrole nitrogens is 1. The molecule has 3 N–H and O–H groups in total. The molecule has 2 aromatic heterocycles. The molecule has 122 valence electrons. The second-order valence-electron chi connectivity index (χ2n) is 5.47. The molecule has 0 spiro atoms. The number of aromatic amines is 1. The van der Waals surface area contributed by atoms with Gasteiger partial charge < -0.3 is 15.6 Å². The number of hydrogen-bond donors (Lipinski definition) is 3. The van der Waals surface area contributed by atoms with Crippen LogP contribution in [-0.2, 0) is 11.3 Å². The fourth-order valence-corrected chi connectivity index (χ4v) is 2.85. The van der Waals surface area contributed by atoms with Crippen LogP contribution >= 0.6 is 0 Å². The number of nitrogens with zero attached hydrogens (tertiary/aromatic N) is 2. The molecule has 0 aliphatic carbocycles. The predicted molar refractivity (Wildman–Crippen MR) is 80.0 cm³/mol. The quantitative estimate of drug-likeness (QED) is 0.788. The number of amides is 2. The molecular formula is C15H18FN5O2. The molecule has 2 unspecified atom stereocenters. The molecule has 1 aliphatic heterocycles. The smallest absolute Gasteiger partial charge is 0.268 e. The first-order valence-electron chi connectivity index (χ1n) is 7.54. The molecule has 0 bridgehead atoms. The highest BCUT2D eigenvalue weighted by atomic mass is 19.1. The van der Waals surface area contributed by atoms with Gasteiger partial charge in [0.1, 0.15) is 11.5 Å². The monoisotopic (exact) mass is 319 g/mol. The van der Waals surface area contributed by atoms with E-state index >= 15 is 0 Å². The van der Waals surface area contributed by atoms with E-state index in [2.05, 4.69) is 20.7 Å². The van der Waals surface area contributed by atoms with Gasteiger partial charge in [-0.2, -0.15) is 5.10 Å². The highest BCUT2D eigenvalue weighted by molar-refractivity contribution is 5.92. The molecule has 7 nitrogen and oxygen atoms in total. The van der Waals surface area contributed by atoms with Gasteiger partial charge >= 0.3 is 0 Å². The highest BCUT2D eigenvalue weighted by Gasteiger charge is 2.33. The van der Waals surface area contributed by atoms with E-state index in [-0.39, 0.29) is 23.7 Å². The number of rotatable bonds is 4. The third-order valence-corrected chi connectivity index (χ3v) is 3.98. The second-order valence-corrected chi connectivity index (χ2v) is 5.47. The maximum absolute atomic E-state index is 13.0. The van der Waals surface area contributed by atoms with Gasteiger partial charge in [0.2, 0.25) is 5.91 Å². The Balaban J connectivity index is 1.81. The van der Waals surface area contributed by atoms with Gasteiger partial charge in [-0.05, 0) is 19.4 Å². The molecule has 2 aromatic rings. The van der Waals surface area contributed by atoms with Crippen molar-refractivity contribution in [2.75, 3.05) is 0 Å². The molecule has 1 saturated heterocycles. The third kappa shape index (κ3) is 3.10. The molecule has 3 rings (SSSR count). The second kappa shape index (κ2) is 6.23. The zero-order chi connectivity index (χ0) is 16.4. The summed E-state index contributed by atoms with van der Waals surface area (Å²) in [7, 11) is 0. The molecule has 0 saturated carbocycles. The normalized spacial score (nSPS) is 21.0. The van der Waals surface area contributed by atoms with Crippen molar-refractivity contribution >= 4 is 11.8 Å². The first-order valence-corrected chi connectivity index (χ1v) is 7.54. The maximum Gasteiger partial charge on any atom is 0.268 e. The van der Waals surface area contributed by atoms with E-state index in [1.165, 1.54) is 0 Å². The van der Waals surface area contributed by atoms with Crippen molar-refractivity contribution in [3.8, 4) is 0 Å². The summed E-state index contributed by atoms with van der Waals surface area (Å²) in [5.74, 6) is -0.953. The summed E-state index contributed by atoms with van der Waals surface area (Å²) in [4.78, 5) is 26.6. The van der Waals surface area contributed by atoms with E-state index in [9.17, 15) is 14.0 Å². The topological polar surface area (TPSA) is 91.8 Å². The Morgan fingerprint density at radius 1 is 1.57 bits per heavy atom. The summed E-state index contributed by atoms with van der Waals surface area (Å²) in [6.07, 6.45) is 3.64. The Labute approximate surface area is 132 Å². The molecule has 2 amide bonds. The van der Waals surface area contributed by atoms with Crippen LogP contribution in [0.15, 0.2) is 24.5 Å². The molecule has 8 heteroatoms. The van der Waals surface area contributed by atoms with Crippen molar-refractivity contribution in [3.63, 3.8) is 0 Å². The van der Waals surface area contributed by atoms with E-state index in [1.54, 1.807) is 10.9 Å². The fourth-order valence-electron chi connectivity index (χ4n) is 2.85. The van der Waals surface area contributed by atoms with Gasteiger partial charge in [-0.3, -0.25) is 14.3 Å². The van der Waals surface area contributed by atoms with Gasteiger partial charge in [-0.25, -0.2) is 4.39 Å². The first-order chi connectivity index (χ1) is 11.1. The van der Waals surface area contributed by atoms with Crippen LogP contribution in [0.4, 0.5) is 4.39 Å². The predicted octanol–water partition coefficient (Wildman–Crippen LogP) is 1.12. The number of carbonyl (C=O) groups excluding carboxylic acids is 2. The summed E-state index contributed by atoms with van der Waals surface area (Å²) in [5, 5.41) is 9.98.